The zero-order chi connectivity index (χ0) is 22.4. The molecular weight excluding hydrogens is 409 g/mol. The molecule has 0 radical (unpaired) electrons. The van der Waals surface area contributed by atoms with Gasteiger partial charge in [0, 0.05) is 37.0 Å². The largest absolute Gasteiger partial charge is 0.497 e. The van der Waals surface area contributed by atoms with E-state index in [-0.39, 0.29) is 31.2 Å². The van der Waals surface area contributed by atoms with Crippen LogP contribution in [0.4, 0.5) is 26.6 Å². The number of benzene rings is 1. The lowest BCUT2D eigenvalue weighted by molar-refractivity contribution is 0.0991. The van der Waals surface area contributed by atoms with Crippen molar-refractivity contribution in [3.05, 3.63) is 29.7 Å². The van der Waals surface area contributed by atoms with E-state index in [1.807, 2.05) is 6.92 Å². The van der Waals surface area contributed by atoms with E-state index in [9.17, 15) is 9.18 Å². The van der Waals surface area contributed by atoms with Crippen molar-refractivity contribution in [1.82, 2.24) is 9.97 Å². The van der Waals surface area contributed by atoms with Crippen molar-refractivity contribution in [2.24, 2.45) is 0 Å². The number of hydrogen-bond donors (Lipinski definition) is 2. The van der Waals surface area contributed by atoms with Gasteiger partial charge < -0.3 is 24.6 Å². The third-order valence-electron chi connectivity index (χ3n) is 4.71. The van der Waals surface area contributed by atoms with E-state index < -0.39 is 11.8 Å². The van der Waals surface area contributed by atoms with Gasteiger partial charge in [0.15, 0.2) is 11.6 Å². The van der Waals surface area contributed by atoms with Crippen molar-refractivity contribution in [3.8, 4) is 11.5 Å². The molecule has 2 heterocycles. The molecule has 0 atom stereocenters. The molecule has 11 heteroatoms. The monoisotopic (exact) mass is 435 g/mol. The second-order valence-electron chi connectivity index (χ2n) is 6.58. The minimum atomic E-state index is -0.654. The van der Waals surface area contributed by atoms with Crippen molar-refractivity contribution in [2.75, 3.05) is 62.2 Å². The lowest BCUT2D eigenvalue weighted by atomic mass is 10.1. The second kappa shape index (κ2) is 10.2. The number of fused-ring (bicyclic) bond motifs is 1. The smallest absolute Gasteiger partial charge is 0.330 e. The summed E-state index contributed by atoms with van der Waals surface area (Å²) in [4.78, 5) is 24.7. The van der Waals surface area contributed by atoms with Crippen LogP contribution in [0.5, 0.6) is 11.5 Å². The summed E-state index contributed by atoms with van der Waals surface area (Å²) in [5.74, 6) is 0.510. The molecule has 2 N–H and O–H groups in total. The van der Waals surface area contributed by atoms with E-state index in [2.05, 4.69) is 15.3 Å². The molecule has 0 fully saturated rings. The molecule has 0 saturated heterocycles. The molecule has 1 aromatic heterocycles. The number of aliphatic hydroxyl groups excluding tert-OH is 1. The van der Waals surface area contributed by atoms with Gasteiger partial charge >= 0.3 is 6.03 Å². The number of ether oxygens (including phenoxy) is 3. The Hall–Kier alpha value is -3.18. The number of hydrogen-bond acceptors (Lipinski definition) is 8. The third-order valence-corrected chi connectivity index (χ3v) is 4.71. The molecule has 0 spiro atoms. The zero-order valence-electron chi connectivity index (χ0n) is 17.7. The minimum Gasteiger partial charge on any atom is -0.497 e. The summed E-state index contributed by atoms with van der Waals surface area (Å²) in [6, 6.07) is 2.46. The van der Waals surface area contributed by atoms with E-state index >= 15 is 0 Å². The predicted octanol–water partition coefficient (Wildman–Crippen LogP) is 2.02. The number of carbonyl (C=O) groups excluding carboxylic acids is 1. The van der Waals surface area contributed by atoms with Crippen LogP contribution in [0.1, 0.15) is 12.5 Å². The van der Waals surface area contributed by atoms with E-state index in [1.54, 1.807) is 6.20 Å². The Morgan fingerprint density at radius 2 is 2.06 bits per heavy atom. The van der Waals surface area contributed by atoms with Crippen LogP contribution in [-0.4, -0.2) is 68.2 Å². The van der Waals surface area contributed by atoms with Gasteiger partial charge in [-0.25, -0.2) is 14.2 Å². The van der Waals surface area contributed by atoms with Crippen LogP contribution in [0.2, 0.25) is 0 Å². The lowest BCUT2D eigenvalue weighted by Gasteiger charge is -2.35. The van der Waals surface area contributed by atoms with Gasteiger partial charge in [-0.1, -0.05) is 0 Å². The highest BCUT2D eigenvalue weighted by Gasteiger charge is 2.34. The molecule has 1 aromatic carbocycles. The summed E-state index contributed by atoms with van der Waals surface area (Å²) in [5.41, 5.74) is 0.721. The van der Waals surface area contributed by atoms with Crippen molar-refractivity contribution in [3.63, 3.8) is 0 Å². The first-order valence-corrected chi connectivity index (χ1v) is 9.82. The first-order chi connectivity index (χ1) is 15.0. The molecule has 168 valence electrons. The second-order valence-corrected chi connectivity index (χ2v) is 6.58. The molecular formula is C20H26FN5O5. The molecule has 10 nitrogen and oxygen atoms in total. The number of urea groups is 1. The Balaban J connectivity index is 1.88. The van der Waals surface area contributed by atoms with E-state index in [0.717, 1.165) is 0 Å². The first-order valence-electron chi connectivity index (χ1n) is 9.82. The summed E-state index contributed by atoms with van der Waals surface area (Å²) in [6.07, 6.45) is 1.61. The first kappa shape index (κ1) is 22.5. The molecule has 0 bridgehead atoms. The number of aliphatic hydroxyl groups is 1. The van der Waals surface area contributed by atoms with Gasteiger partial charge in [-0.05, 0) is 6.92 Å². The molecule has 1 aliphatic heterocycles. The number of nitrogens with zero attached hydrogens (tertiary/aromatic N) is 4. The van der Waals surface area contributed by atoms with Crippen LogP contribution < -0.4 is 24.6 Å². The van der Waals surface area contributed by atoms with Crippen molar-refractivity contribution < 1.29 is 28.5 Å². The number of aromatic nitrogens is 2. The highest BCUT2D eigenvalue weighted by molar-refractivity contribution is 6.05. The molecule has 2 aromatic rings. The van der Waals surface area contributed by atoms with Gasteiger partial charge in [0.1, 0.15) is 11.6 Å². The van der Waals surface area contributed by atoms with Gasteiger partial charge in [0.25, 0.3) is 0 Å². The molecule has 0 aliphatic carbocycles. The van der Waals surface area contributed by atoms with Gasteiger partial charge in [-0.3, -0.25) is 9.80 Å². The van der Waals surface area contributed by atoms with E-state index in [1.165, 1.54) is 36.2 Å². The number of anilines is 3. The lowest BCUT2D eigenvalue weighted by Crippen LogP contribution is -2.48. The maximum Gasteiger partial charge on any atom is 0.330 e. The van der Waals surface area contributed by atoms with Crippen molar-refractivity contribution >= 4 is 23.5 Å². The van der Waals surface area contributed by atoms with Crippen LogP contribution in [-0.2, 0) is 11.3 Å². The number of nitrogens with one attached hydrogen (secondary N) is 1. The van der Waals surface area contributed by atoms with Crippen LogP contribution in [0.25, 0.3) is 0 Å². The Bertz CT molecular complexity index is 929. The van der Waals surface area contributed by atoms with Crippen molar-refractivity contribution in [2.45, 2.75) is 13.5 Å². The number of methoxy groups -OCH3 is 2. The molecule has 2 amide bonds. The Morgan fingerprint density at radius 3 is 2.74 bits per heavy atom. The topological polar surface area (TPSA) is 109 Å². The van der Waals surface area contributed by atoms with Crippen LogP contribution in [0.15, 0.2) is 18.3 Å². The zero-order valence-corrected chi connectivity index (χ0v) is 17.7. The molecule has 0 unspecified atom stereocenters. The van der Waals surface area contributed by atoms with E-state index in [0.29, 0.717) is 42.8 Å². The summed E-state index contributed by atoms with van der Waals surface area (Å²) in [7, 11) is 2.81. The third kappa shape index (κ3) is 4.78. The van der Waals surface area contributed by atoms with Crippen LogP contribution in [0, 0.1) is 5.82 Å². The van der Waals surface area contributed by atoms with Crippen LogP contribution in [0.3, 0.4) is 0 Å². The molecule has 1 aliphatic rings. The quantitative estimate of drug-likeness (QED) is 0.546. The predicted molar refractivity (Wildman–Crippen MR) is 113 cm³/mol. The normalized spacial score (nSPS) is 13.3. The average molecular weight is 435 g/mol. The maximum absolute atomic E-state index is 15.0. The van der Waals surface area contributed by atoms with Gasteiger partial charge in [0.2, 0.25) is 5.95 Å². The minimum absolute atomic E-state index is 0.0183. The average Bonchev–Trinajstić information content (AvgIpc) is 2.79. The van der Waals surface area contributed by atoms with Gasteiger partial charge in [0.05, 0.1) is 46.3 Å². The van der Waals surface area contributed by atoms with Crippen LogP contribution >= 0.6 is 0 Å². The highest BCUT2D eigenvalue weighted by Crippen LogP contribution is 2.37. The fourth-order valence-corrected chi connectivity index (χ4v) is 3.20. The number of carbonyl (C=O) groups is 1. The van der Waals surface area contributed by atoms with Crippen molar-refractivity contribution in [1.29, 1.82) is 0 Å². The number of halogens is 1. The Labute approximate surface area is 179 Å². The Morgan fingerprint density at radius 1 is 1.26 bits per heavy atom. The fraction of sp³-hybridized carbons (Fsp3) is 0.450. The SMILES string of the molecule is CCN1C(=O)N(c2cc(OC)cc(OC)c2F)Cc2cnc(NCCOCCO)nc21. The molecule has 3 rings (SSSR count). The summed E-state index contributed by atoms with van der Waals surface area (Å²) in [6.45, 7) is 3.28. The maximum atomic E-state index is 15.0. The molecule has 31 heavy (non-hydrogen) atoms. The highest BCUT2D eigenvalue weighted by atomic mass is 19.1. The Kier molecular flexibility index (Phi) is 7.42. The summed E-state index contributed by atoms with van der Waals surface area (Å²) < 4.78 is 30.5. The van der Waals surface area contributed by atoms with E-state index in [4.69, 9.17) is 19.3 Å². The van der Waals surface area contributed by atoms with Gasteiger partial charge in [-0.15, -0.1) is 0 Å². The summed E-state index contributed by atoms with van der Waals surface area (Å²) >= 11 is 0. The standard InChI is InChI=1S/C20H26FN5O5/c1-4-25-18-13(11-23-19(24-18)22-5-7-31-8-6-27)12-26(20(25)28)15-9-14(29-2)10-16(30-3)17(15)21/h9-11,27H,4-8,12H2,1-3H3,(H,22,23,24). The molecule has 0 saturated carbocycles. The number of amides is 2. The fourth-order valence-electron chi connectivity index (χ4n) is 3.20. The van der Waals surface area contributed by atoms with Gasteiger partial charge in [-0.2, -0.15) is 4.98 Å². The summed E-state index contributed by atoms with van der Waals surface area (Å²) in [5, 5.41) is 11.7. The number of rotatable bonds is 10.